The van der Waals surface area contributed by atoms with Crippen LogP contribution in [0.5, 0.6) is 0 Å². The minimum atomic E-state index is 0.120. The number of aromatic nitrogens is 4. The minimum absolute atomic E-state index is 0.120. The number of aryl methyl sites for hydroxylation is 1. The van der Waals surface area contributed by atoms with E-state index in [1.54, 1.807) is 18.6 Å². The predicted molar refractivity (Wildman–Crippen MR) is 98.4 cm³/mol. The van der Waals surface area contributed by atoms with E-state index in [0.717, 1.165) is 28.3 Å². The standard InChI is InChI=1S/C18H22N6O/c1-23(9-10-25)16-3-4-17(21-12-16)20-11-15-13-24(2)22-18(15)14-5-7-19-8-6-14/h3-8,12-13,25H,9-11H2,1-2H3,(H,20,21). The third-order valence-corrected chi connectivity index (χ3v) is 3.94. The lowest BCUT2D eigenvalue weighted by Crippen LogP contribution is -2.21. The number of aliphatic hydroxyl groups excluding tert-OH is 1. The third kappa shape index (κ3) is 4.13. The molecule has 0 fully saturated rings. The first-order valence-electron chi connectivity index (χ1n) is 8.12. The Kier molecular flexibility index (Phi) is 5.25. The van der Waals surface area contributed by atoms with Crippen LogP contribution >= 0.6 is 0 Å². The topological polar surface area (TPSA) is 79.1 Å². The summed E-state index contributed by atoms with van der Waals surface area (Å²) in [6, 6.07) is 7.83. The number of hydrogen-bond acceptors (Lipinski definition) is 6. The van der Waals surface area contributed by atoms with Crippen molar-refractivity contribution in [1.82, 2.24) is 19.7 Å². The van der Waals surface area contributed by atoms with E-state index in [0.29, 0.717) is 13.1 Å². The molecule has 0 atom stereocenters. The van der Waals surface area contributed by atoms with Crippen LogP contribution in [0.3, 0.4) is 0 Å². The molecule has 130 valence electrons. The summed E-state index contributed by atoms with van der Waals surface area (Å²) in [7, 11) is 3.84. The predicted octanol–water partition coefficient (Wildman–Crippen LogP) is 1.92. The first-order valence-corrected chi connectivity index (χ1v) is 8.12. The first-order chi connectivity index (χ1) is 12.2. The van der Waals surface area contributed by atoms with E-state index in [-0.39, 0.29) is 6.61 Å². The minimum Gasteiger partial charge on any atom is -0.395 e. The fraction of sp³-hybridized carbons (Fsp3) is 0.278. The Morgan fingerprint density at radius 1 is 1.20 bits per heavy atom. The molecule has 0 aliphatic carbocycles. The van der Waals surface area contributed by atoms with Gasteiger partial charge >= 0.3 is 0 Å². The highest BCUT2D eigenvalue weighted by molar-refractivity contribution is 5.62. The van der Waals surface area contributed by atoms with Crippen molar-refractivity contribution in [2.45, 2.75) is 6.54 Å². The fourth-order valence-corrected chi connectivity index (χ4v) is 2.60. The molecule has 2 N–H and O–H groups in total. The SMILES string of the molecule is CN(CCO)c1ccc(NCc2cn(C)nc2-c2ccncc2)nc1. The van der Waals surface area contributed by atoms with Gasteiger partial charge in [0.2, 0.25) is 0 Å². The number of nitrogens with one attached hydrogen (secondary N) is 1. The van der Waals surface area contributed by atoms with Crippen molar-refractivity contribution in [3.8, 4) is 11.3 Å². The van der Waals surface area contributed by atoms with Gasteiger partial charge in [0.15, 0.2) is 0 Å². The van der Waals surface area contributed by atoms with Gasteiger partial charge in [0, 0.05) is 56.9 Å². The van der Waals surface area contributed by atoms with Gasteiger partial charge in [-0.25, -0.2) is 4.98 Å². The van der Waals surface area contributed by atoms with Gasteiger partial charge in [0.05, 0.1) is 24.2 Å². The lowest BCUT2D eigenvalue weighted by molar-refractivity contribution is 0.304. The monoisotopic (exact) mass is 338 g/mol. The largest absolute Gasteiger partial charge is 0.395 e. The average molecular weight is 338 g/mol. The van der Waals surface area contributed by atoms with Crippen molar-refractivity contribution in [1.29, 1.82) is 0 Å². The fourth-order valence-electron chi connectivity index (χ4n) is 2.60. The number of nitrogens with zero attached hydrogens (tertiary/aromatic N) is 5. The average Bonchev–Trinajstić information content (AvgIpc) is 3.02. The Bertz CT molecular complexity index is 800. The van der Waals surface area contributed by atoms with Gasteiger partial charge in [-0.05, 0) is 24.3 Å². The molecule has 0 radical (unpaired) electrons. The van der Waals surface area contributed by atoms with Crippen LogP contribution in [0, 0.1) is 0 Å². The molecule has 7 nitrogen and oxygen atoms in total. The van der Waals surface area contributed by atoms with Crippen molar-refractivity contribution in [3.63, 3.8) is 0 Å². The first kappa shape index (κ1) is 16.9. The Morgan fingerprint density at radius 2 is 2.00 bits per heavy atom. The number of likely N-dealkylation sites (N-methyl/N-ethyl adjacent to an activating group) is 1. The van der Waals surface area contributed by atoms with E-state index in [1.165, 1.54) is 0 Å². The zero-order valence-corrected chi connectivity index (χ0v) is 14.4. The highest BCUT2D eigenvalue weighted by atomic mass is 16.3. The second-order valence-electron chi connectivity index (χ2n) is 5.81. The van der Waals surface area contributed by atoms with E-state index in [9.17, 15) is 0 Å². The molecule has 0 amide bonds. The lowest BCUT2D eigenvalue weighted by atomic mass is 10.1. The van der Waals surface area contributed by atoms with Gasteiger partial charge in [-0.1, -0.05) is 0 Å². The van der Waals surface area contributed by atoms with E-state index in [1.807, 2.05) is 54.1 Å². The molecule has 0 aromatic carbocycles. The summed E-state index contributed by atoms with van der Waals surface area (Å²) in [5.41, 5.74) is 4.05. The summed E-state index contributed by atoms with van der Waals surface area (Å²) in [5.74, 6) is 0.797. The van der Waals surface area contributed by atoms with Crippen LogP contribution in [0.4, 0.5) is 11.5 Å². The third-order valence-electron chi connectivity index (χ3n) is 3.94. The lowest BCUT2D eigenvalue weighted by Gasteiger charge is -2.17. The summed E-state index contributed by atoms with van der Waals surface area (Å²) in [4.78, 5) is 10.4. The molecular formula is C18H22N6O. The van der Waals surface area contributed by atoms with Crippen LogP contribution < -0.4 is 10.2 Å². The molecule has 3 aromatic heterocycles. The van der Waals surface area contributed by atoms with Crippen molar-refractivity contribution >= 4 is 11.5 Å². The van der Waals surface area contributed by atoms with Crippen LogP contribution in [0.2, 0.25) is 0 Å². The van der Waals surface area contributed by atoms with Crippen LogP contribution in [0.15, 0.2) is 49.1 Å². The van der Waals surface area contributed by atoms with Gasteiger partial charge in [-0.3, -0.25) is 9.67 Å². The molecule has 7 heteroatoms. The zero-order valence-electron chi connectivity index (χ0n) is 14.4. The van der Waals surface area contributed by atoms with Crippen molar-refractivity contribution in [3.05, 3.63) is 54.6 Å². The number of aliphatic hydroxyl groups is 1. The Balaban J connectivity index is 1.70. The van der Waals surface area contributed by atoms with Crippen LogP contribution in [-0.2, 0) is 13.6 Å². The number of rotatable bonds is 7. The summed E-state index contributed by atoms with van der Waals surface area (Å²) < 4.78 is 1.81. The molecule has 0 saturated heterocycles. The second kappa shape index (κ2) is 7.76. The molecule has 0 saturated carbocycles. The van der Waals surface area contributed by atoms with Gasteiger partial charge in [0.1, 0.15) is 5.82 Å². The van der Waals surface area contributed by atoms with E-state index in [4.69, 9.17) is 5.11 Å². The van der Waals surface area contributed by atoms with E-state index >= 15 is 0 Å². The molecule has 25 heavy (non-hydrogen) atoms. The van der Waals surface area contributed by atoms with Gasteiger partial charge in [-0.2, -0.15) is 5.10 Å². The molecule has 0 unspecified atom stereocenters. The Labute approximate surface area is 147 Å². The second-order valence-corrected chi connectivity index (χ2v) is 5.81. The Morgan fingerprint density at radius 3 is 2.68 bits per heavy atom. The molecule has 3 heterocycles. The van der Waals surface area contributed by atoms with Crippen LogP contribution in [-0.4, -0.2) is 45.1 Å². The normalized spacial score (nSPS) is 10.7. The molecule has 0 aliphatic rings. The van der Waals surface area contributed by atoms with Gasteiger partial charge < -0.3 is 15.3 Å². The maximum Gasteiger partial charge on any atom is 0.126 e. The summed E-state index contributed by atoms with van der Waals surface area (Å²) >= 11 is 0. The van der Waals surface area contributed by atoms with Crippen molar-refractivity contribution < 1.29 is 5.11 Å². The maximum absolute atomic E-state index is 9.00. The number of hydrogen-bond donors (Lipinski definition) is 2. The smallest absolute Gasteiger partial charge is 0.126 e. The molecular weight excluding hydrogens is 316 g/mol. The quantitative estimate of drug-likeness (QED) is 0.685. The summed E-state index contributed by atoms with van der Waals surface area (Å²) in [6.45, 7) is 1.33. The maximum atomic E-state index is 9.00. The highest BCUT2D eigenvalue weighted by Gasteiger charge is 2.10. The van der Waals surface area contributed by atoms with Crippen LogP contribution in [0.1, 0.15) is 5.56 Å². The molecule has 0 bridgehead atoms. The molecule has 0 spiro atoms. The van der Waals surface area contributed by atoms with Gasteiger partial charge in [0.25, 0.3) is 0 Å². The highest BCUT2D eigenvalue weighted by Crippen LogP contribution is 2.22. The Hall–Kier alpha value is -2.93. The van der Waals surface area contributed by atoms with E-state index in [2.05, 4.69) is 20.4 Å². The van der Waals surface area contributed by atoms with Crippen molar-refractivity contribution in [2.75, 3.05) is 30.4 Å². The molecule has 0 aliphatic heterocycles. The summed E-state index contributed by atoms with van der Waals surface area (Å²) in [5, 5.41) is 16.9. The summed E-state index contributed by atoms with van der Waals surface area (Å²) in [6.07, 6.45) is 7.34. The van der Waals surface area contributed by atoms with E-state index < -0.39 is 0 Å². The van der Waals surface area contributed by atoms with Crippen LogP contribution in [0.25, 0.3) is 11.3 Å². The van der Waals surface area contributed by atoms with Gasteiger partial charge in [-0.15, -0.1) is 0 Å². The molecule has 3 aromatic rings. The zero-order chi connectivity index (χ0) is 17.6. The molecule has 3 rings (SSSR count). The van der Waals surface area contributed by atoms with Crippen molar-refractivity contribution in [2.24, 2.45) is 7.05 Å². The number of anilines is 2. The number of pyridine rings is 2.